The Morgan fingerprint density at radius 1 is 0.900 bits per heavy atom. The first-order valence-corrected chi connectivity index (χ1v) is 11.3. The van der Waals surface area contributed by atoms with Crippen molar-refractivity contribution in [2.75, 3.05) is 24.7 Å². The van der Waals surface area contributed by atoms with Gasteiger partial charge in [0.1, 0.15) is 13.2 Å². The van der Waals surface area contributed by atoms with E-state index in [2.05, 4.69) is 45.9 Å². The molecular weight excluding hydrogens is 404 g/mol. The molecule has 0 bridgehead atoms. The van der Waals surface area contributed by atoms with Gasteiger partial charge in [0, 0.05) is 17.9 Å². The Labute approximate surface area is 184 Å². The second-order valence-electron chi connectivity index (χ2n) is 7.66. The molecular formula is C23H36O6S. The van der Waals surface area contributed by atoms with Gasteiger partial charge in [-0.15, -0.1) is 0 Å². The minimum atomic E-state index is -1.16. The molecule has 1 unspecified atom stereocenters. The molecule has 0 aromatic rings. The number of carbonyl (C=O) groups excluding carboxylic acids is 1. The average Bonchev–Trinajstić information content (AvgIpc) is 2.63. The lowest BCUT2D eigenvalue weighted by Gasteiger charge is -2.11. The van der Waals surface area contributed by atoms with Crippen LogP contribution < -0.4 is 0 Å². The molecule has 6 nitrogen and oxygen atoms in total. The van der Waals surface area contributed by atoms with Crippen LogP contribution in [0.5, 0.6) is 0 Å². The molecule has 0 saturated carbocycles. The van der Waals surface area contributed by atoms with Crippen LogP contribution in [0.1, 0.15) is 59.8 Å². The van der Waals surface area contributed by atoms with Crippen molar-refractivity contribution < 1.29 is 29.3 Å². The number of allylic oxidation sites excluding steroid dienone is 5. The summed E-state index contributed by atoms with van der Waals surface area (Å²) in [6, 6.07) is 0. The maximum Gasteiger partial charge on any atom is 0.329 e. The Kier molecular flexibility index (Phi) is 15.8. The zero-order valence-corrected chi connectivity index (χ0v) is 19.4. The summed E-state index contributed by atoms with van der Waals surface area (Å²) in [5.41, 5.74) is 4.01. The summed E-state index contributed by atoms with van der Waals surface area (Å²) < 4.78 is 4.72. The standard InChI is InChI=1S/C23H36O6S/c1-17(2)7-5-8-18(3)9-6-10-19(4)11-12-30-16-20(23(27)28)13-21(24)14-29-15-22(25)26/h7,9,11,20H,5-6,8,10,12-16H2,1-4H3,(H,25,26)(H,27,28)/b18-9+,19-11+. The van der Waals surface area contributed by atoms with E-state index in [4.69, 9.17) is 9.84 Å². The average molecular weight is 441 g/mol. The Balaban J connectivity index is 4.19. The van der Waals surface area contributed by atoms with E-state index in [1.165, 1.54) is 28.5 Å². The normalized spacial score (nSPS) is 13.1. The third-order valence-electron chi connectivity index (χ3n) is 4.30. The highest BCUT2D eigenvalue weighted by Gasteiger charge is 2.21. The van der Waals surface area contributed by atoms with Crippen molar-refractivity contribution in [3.63, 3.8) is 0 Å². The van der Waals surface area contributed by atoms with Crippen molar-refractivity contribution in [1.29, 1.82) is 0 Å². The van der Waals surface area contributed by atoms with E-state index in [0.29, 0.717) is 11.5 Å². The van der Waals surface area contributed by atoms with Gasteiger partial charge >= 0.3 is 11.9 Å². The predicted octanol–water partition coefficient (Wildman–Crippen LogP) is 4.90. The Hall–Kier alpha value is -1.86. The number of ketones is 1. The predicted molar refractivity (Wildman–Crippen MR) is 122 cm³/mol. The van der Waals surface area contributed by atoms with Crippen LogP contribution in [0.3, 0.4) is 0 Å². The number of hydrogen-bond acceptors (Lipinski definition) is 5. The molecule has 0 heterocycles. The van der Waals surface area contributed by atoms with E-state index < -0.39 is 30.2 Å². The van der Waals surface area contributed by atoms with Gasteiger partial charge in [0.15, 0.2) is 5.78 Å². The minimum Gasteiger partial charge on any atom is -0.481 e. The SMILES string of the molecule is CC(C)=CCC/C(C)=C/CC/C(C)=C/CSCC(CC(=O)COCC(=O)O)C(=O)O. The second-order valence-corrected chi connectivity index (χ2v) is 8.74. The van der Waals surface area contributed by atoms with E-state index in [-0.39, 0.29) is 13.0 Å². The molecule has 0 aromatic carbocycles. The molecule has 0 aliphatic carbocycles. The molecule has 0 radical (unpaired) electrons. The van der Waals surface area contributed by atoms with Crippen LogP contribution in [-0.4, -0.2) is 52.7 Å². The molecule has 1 atom stereocenters. The van der Waals surface area contributed by atoms with Crippen LogP contribution in [0.2, 0.25) is 0 Å². The lowest BCUT2D eigenvalue weighted by Crippen LogP contribution is -2.23. The first kappa shape index (κ1) is 28.1. The van der Waals surface area contributed by atoms with Gasteiger partial charge in [0.25, 0.3) is 0 Å². The number of ether oxygens (including phenoxy) is 1. The fourth-order valence-electron chi connectivity index (χ4n) is 2.55. The van der Waals surface area contributed by atoms with Gasteiger partial charge in [0.05, 0.1) is 5.92 Å². The summed E-state index contributed by atoms with van der Waals surface area (Å²) in [5, 5.41) is 17.8. The molecule has 170 valence electrons. The van der Waals surface area contributed by atoms with Gasteiger partial charge in [-0.05, 0) is 53.4 Å². The van der Waals surface area contributed by atoms with E-state index in [1.807, 2.05) is 0 Å². The highest BCUT2D eigenvalue weighted by Crippen LogP contribution is 2.16. The number of aliphatic carboxylic acids is 2. The van der Waals surface area contributed by atoms with Gasteiger partial charge in [0.2, 0.25) is 0 Å². The summed E-state index contributed by atoms with van der Waals surface area (Å²) in [6.45, 7) is 7.52. The maximum absolute atomic E-state index is 11.7. The number of carbonyl (C=O) groups is 3. The number of Topliss-reactive ketones (excluding diaryl/α,β-unsaturated/α-hetero) is 1. The van der Waals surface area contributed by atoms with E-state index in [1.54, 1.807) is 0 Å². The van der Waals surface area contributed by atoms with Crippen LogP contribution in [0, 0.1) is 5.92 Å². The number of thioether (sulfide) groups is 1. The third-order valence-corrected chi connectivity index (χ3v) is 5.34. The van der Waals surface area contributed by atoms with Gasteiger partial charge in [-0.25, -0.2) is 4.79 Å². The molecule has 0 spiro atoms. The minimum absolute atomic E-state index is 0.151. The number of carboxylic acids is 2. The molecule has 2 N–H and O–H groups in total. The van der Waals surface area contributed by atoms with Crippen LogP contribution in [-0.2, 0) is 19.1 Å². The number of rotatable bonds is 17. The first-order chi connectivity index (χ1) is 14.1. The molecule has 30 heavy (non-hydrogen) atoms. The summed E-state index contributed by atoms with van der Waals surface area (Å²) in [5.74, 6) is -2.36. The Bertz CT molecular complexity index is 644. The van der Waals surface area contributed by atoms with Crippen LogP contribution >= 0.6 is 11.8 Å². The molecule has 7 heteroatoms. The zero-order valence-electron chi connectivity index (χ0n) is 18.6. The van der Waals surface area contributed by atoms with Gasteiger partial charge in [-0.3, -0.25) is 9.59 Å². The highest BCUT2D eigenvalue weighted by atomic mass is 32.2. The number of hydrogen-bond donors (Lipinski definition) is 2. The quantitative estimate of drug-likeness (QED) is 0.245. The summed E-state index contributed by atoms with van der Waals surface area (Å²) in [4.78, 5) is 33.4. The smallest absolute Gasteiger partial charge is 0.329 e. The van der Waals surface area contributed by atoms with Crippen LogP contribution in [0.4, 0.5) is 0 Å². The fourth-order valence-corrected chi connectivity index (χ4v) is 3.64. The van der Waals surface area contributed by atoms with Crippen molar-refractivity contribution in [3.05, 3.63) is 34.9 Å². The monoisotopic (exact) mass is 440 g/mol. The number of carboxylic acid groups (broad SMARTS) is 2. The molecule has 0 aliphatic rings. The van der Waals surface area contributed by atoms with Crippen molar-refractivity contribution >= 4 is 29.5 Å². The molecule has 0 aliphatic heterocycles. The Morgan fingerprint density at radius 2 is 1.50 bits per heavy atom. The molecule has 0 rings (SSSR count). The van der Waals surface area contributed by atoms with Crippen molar-refractivity contribution in [2.24, 2.45) is 5.92 Å². The van der Waals surface area contributed by atoms with E-state index >= 15 is 0 Å². The molecule has 0 fully saturated rings. The van der Waals surface area contributed by atoms with Crippen molar-refractivity contribution in [3.8, 4) is 0 Å². The lowest BCUT2D eigenvalue weighted by molar-refractivity contribution is -0.146. The summed E-state index contributed by atoms with van der Waals surface area (Å²) >= 11 is 1.48. The van der Waals surface area contributed by atoms with Gasteiger partial charge in [-0.1, -0.05) is 34.9 Å². The summed E-state index contributed by atoms with van der Waals surface area (Å²) in [6.07, 6.45) is 10.6. The second kappa shape index (κ2) is 16.9. The Morgan fingerprint density at radius 3 is 2.07 bits per heavy atom. The first-order valence-electron chi connectivity index (χ1n) is 10.2. The zero-order chi connectivity index (χ0) is 22.9. The van der Waals surface area contributed by atoms with Gasteiger partial charge in [-0.2, -0.15) is 11.8 Å². The molecule has 0 saturated heterocycles. The lowest BCUT2D eigenvalue weighted by atomic mass is 10.1. The molecule has 0 amide bonds. The van der Waals surface area contributed by atoms with E-state index in [9.17, 15) is 19.5 Å². The van der Waals surface area contributed by atoms with Crippen molar-refractivity contribution in [2.45, 2.75) is 59.8 Å². The van der Waals surface area contributed by atoms with Gasteiger partial charge < -0.3 is 14.9 Å². The van der Waals surface area contributed by atoms with Crippen LogP contribution in [0.25, 0.3) is 0 Å². The van der Waals surface area contributed by atoms with Crippen LogP contribution in [0.15, 0.2) is 34.9 Å². The van der Waals surface area contributed by atoms with Crippen molar-refractivity contribution in [1.82, 2.24) is 0 Å². The topological polar surface area (TPSA) is 101 Å². The highest BCUT2D eigenvalue weighted by molar-refractivity contribution is 7.99. The van der Waals surface area contributed by atoms with E-state index in [0.717, 1.165) is 25.7 Å². The molecule has 0 aromatic heterocycles. The summed E-state index contributed by atoms with van der Waals surface area (Å²) in [7, 11) is 0. The fraction of sp³-hybridized carbons (Fsp3) is 0.609. The maximum atomic E-state index is 11.7. The largest absolute Gasteiger partial charge is 0.481 e. The third kappa shape index (κ3) is 17.0.